The average molecular weight is 483 g/mol. The largest absolute Gasteiger partial charge is 0.393 e. The van der Waals surface area contributed by atoms with Gasteiger partial charge in [-0.1, -0.05) is 11.6 Å². The molecule has 3 atom stereocenters. The van der Waals surface area contributed by atoms with Crippen molar-refractivity contribution in [2.45, 2.75) is 68.0 Å². The van der Waals surface area contributed by atoms with Gasteiger partial charge in [0, 0.05) is 36.6 Å². The molecule has 4 fully saturated rings. The number of ether oxygens (including phenoxy) is 1. The lowest BCUT2D eigenvalue weighted by molar-refractivity contribution is -0.137. The summed E-state index contributed by atoms with van der Waals surface area (Å²) < 4.78 is 34.9. The van der Waals surface area contributed by atoms with Crippen LogP contribution in [0, 0.1) is 11.3 Å². The van der Waals surface area contributed by atoms with Gasteiger partial charge in [0.25, 0.3) is 0 Å². The molecule has 0 aromatic heterocycles. The second-order valence-electron chi connectivity index (χ2n) is 9.87. The van der Waals surface area contributed by atoms with Gasteiger partial charge >= 0.3 is 0 Å². The molecule has 176 valence electrons. The number of sulfonamides is 1. The smallest absolute Gasteiger partial charge is 0.243 e. The van der Waals surface area contributed by atoms with Crippen LogP contribution in [0.5, 0.6) is 0 Å². The summed E-state index contributed by atoms with van der Waals surface area (Å²) in [6.07, 6.45) is 4.21. The molecule has 2 saturated carbocycles. The number of nitrogens with zero attached hydrogens (tertiary/aromatic N) is 2. The summed E-state index contributed by atoms with van der Waals surface area (Å²) in [4.78, 5) is 15.2. The lowest BCUT2D eigenvalue weighted by atomic mass is 9.82. The van der Waals surface area contributed by atoms with Crippen molar-refractivity contribution in [2.75, 3.05) is 26.3 Å². The molecule has 0 spiro atoms. The molecule has 4 aliphatic rings. The summed E-state index contributed by atoms with van der Waals surface area (Å²) in [5.74, 6) is 0.345. The van der Waals surface area contributed by atoms with Crippen molar-refractivity contribution in [2.24, 2.45) is 11.3 Å². The van der Waals surface area contributed by atoms with Crippen LogP contribution < -0.4 is 0 Å². The van der Waals surface area contributed by atoms with Gasteiger partial charge in [-0.25, -0.2) is 8.42 Å². The highest BCUT2D eigenvalue weighted by atomic mass is 35.5. The Hall–Kier alpha value is -1.19. The summed E-state index contributed by atoms with van der Waals surface area (Å²) in [6.45, 7) is 2.25. The van der Waals surface area contributed by atoms with Gasteiger partial charge in [-0.05, 0) is 74.1 Å². The normalized spacial score (nSPS) is 30.8. The first-order chi connectivity index (χ1) is 15.3. The van der Waals surface area contributed by atoms with Crippen molar-refractivity contribution in [3.8, 4) is 0 Å². The van der Waals surface area contributed by atoms with E-state index in [0.717, 1.165) is 25.7 Å². The molecule has 1 N–H and O–H groups in total. The molecule has 2 aliphatic heterocycles. The van der Waals surface area contributed by atoms with E-state index in [-0.39, 0.29) is 28.8 Å². The third-order valence-corrected chi connectivity index (χ3v) is 9.86. The van der Waals surface area contributed by atoms with Gasteiger partial charge < -0.3 is 14.7 Å². The van der Waals surface area contributed by atoms with Crippen LogP contribution >= 0.6 is 11.6 Å². The predicted molar refractivity (Wildman–Crippen MR) is 120 cm³/mol. The van der Waals surface area contributed by atoms with Crippen LogP contribution in [-0.2, 0) is 19.6 Å². The minimum atomic E-state index is -3.79. The highest BCUT2D eigenvalue weighted by molar-refractivity contribution is 7.89. The lowest BCUT2D eigenvalue weighted by Crippen LogP contribution is -2.58. The van der Waals surface area contributed by atoms with E-state index < -0.39 is 21.5 Å². The summed E-state index contributed by atoms with van der Waals surface area (Å²) in [6, 6.07) is 5.72. The molecule has 1 amide bonds. The summed E-state index contributed by atoms with van der Waals surface area (Å²) in [5, 5.41) is 11.2. The summed E-state index contributed by atoms with van der Waals surface area (Å²) in [5.41, 5.74) is -0.399. The van der Waals surface area contributed by atoms with Crippen LogP contribution in [0.3, 0.4) is 0 Å². The van der Waals surface area contributed by atoms with Gasteiger partial charge in [0.1, 0.15) is 0 Å². The number of amides is 1. The van der Waals surface area contributed by atoms with Crippen LogP contribution in [0.4, 0.5) is 0 Å². The number of morpholine rings is 1. The second-order valence-corrected chi connectivity index (χ2v) is 12.1. The molecular weight excluding hydrogens is 452 g/mol. The highest BCUT2D eigenvalue weighted by Gasteiger charge is 2.60. The number of carbonyl (C=O) groups is 1. The van der Waals surface area contributed by atoms with E-state index in [1.165, 1.54) is 0 Å². The Morgan fingerprint density at radius 2 is 1.78 bits per heavy atom. The Bertz CT molecular complexity index is 955. The fraction of sp³-hybridized carbons (Fsp3) is 0.696. The minimum Gasteiger partial charge on any atom is -0.393 e. The molecule has 2 heterocycles. The molecule has 2 saturated heterocycles. The zero-order valence-corrected chi connectivity index (χ0v) is 19.7. The maximum atomic E-state index is 13.9. The maximum absolute atomic E-state index is 13.9. The topological polar surface area (TPSA) is 87.2 Å². The van der Waals surface area contributed by atoms with Gasteiger partial charge in [-0.2, -0.15) is 4.31 Å². The molecule has 0 bridgehead atoms. The van der Waals surface area contributed by atoms with E-state index in [1.54, 1.807) is 28.6 Å². The van der Waals surface area contributed by atoms with Crippen LogP contribution in [0.1, 0.15) is 44.9 Å². The van der Waals surface area contributed by atoms with Crippen molar-refractivity contribution in [3.63, 3.8) is 0 Å². The first-order valence-corrected chi connectivity index (χ1v) is 13.4. The fourth-order valence-corrected chi connectivity index (χ4v) is 7.67. The van der Waals surface area contributed by atoms with Crippen LogP contribution in [0.2, 0.25) is 5.02 Å². The second kappa shape index (κ2) is 8.55. The molecule has 7 nitrogen and oxygen atoms in total. The SMILES string of the molecule is O=C(CC1(C2CC(O)CC(C3CC3)N2S(=O)(=O)c2ccc(Cl)cc2)CC1)N1CCOCC1. The van der Waals surface area contributed by atoms with E-state index >= 15 is 0 Å². The van der Waals surface area contributed by atoms with E-state index in [2.05, 4.69) is 0 Å². The number of aliphatic hydroxyl groups excluding tert-OH is 1. The van der Waals surface area contributed by atoms with Crippen molar-refractivity contribution < 1.29 is 23.1 Å². The van der Waals surface area contributed by atoms with Crippen LogP contribution in [0.15, 0.2) is 29.2 Å². The highest BCUT2D eigenvalue weighted by Crippen LogP contribution is 2.58. The summed E-state index contributed by atoms with van der Waals surface area (Å²) >= 11 is 6.01. The van der Waals surface area contributed by atoms with Crippen LogP contribution in [-0.4, -0.2) is 73.1 Å². The first-order valence-electron chi connectivity index (χ1n) is 11.6. The lowest BCUT2D eigenvalue weighted by Gasteiger charge is -2.47. The van der Waals surface area contributed by atoms with E-state index in [1.807, 2.05) is 4.90 Å². The Balaban J connectivity index is 1.47. The third-order valence-electron chi connectivity index (χ3n) is 7.66. The third kappa shape index (κ3) is 4.32. The van der Waals surface area contributed by atoms with Crippen LogP contribution in [0.25, 0.3) is 0 Å². The average Bonchev–Trinajstić information content (AvgIpc) is 3.69. The number of piperidine rings is 1. The molecule has 1 aromatic rings. The van der Waals surface area contributed by atoms with Crippen molar-refractivity contribution in [1.29, 1.82) is 0 Å². The molecule has 1 aromatic carbocycles. The van der Waals surface area contributed by atoms with E-state index in [0.29, 0.717) is 50.6 Å². The number of hydrogen-bond donors (Lipinski definition) is 1. The molecule has 32 heavy (non-hydrogen) atoms. The molecule has 0 radical (unpaired) electrons. The minimum absolute atomic E-state index is 0.0673. The van der Waals surface area contributed by atoms with E-state index in [9.17, 15) is 18.3 Å². The molecule has 9 heteroatoms. The molecule has 3 unspecified atom stereocenters. The number of benzene rings is 1. The van der Waals surface area contributed by atoms with Gasteiger partial charge in [0.2, 0.25) is 15.9 Å². The Morgan fingerprint density at radius 3 is 2.38 bits per heavy atom. The van der Waals surface area contributed by atoms with Crippen molar-refractivity contribution in [1.82, 2.24) is 9.21 Å². The van der Waals surface area contributed by atoms with Crippen molar-refractivity contribution >= 4 is 27.5 Å². The van der Waals surface area contributed by atoms with Gasteiger partial charge in [-0.15, -0.1) is 0 Å². The van der Waals surface area contributed by atoms with E-state index in [4.69, 9.17) is 16.3 Å². The van der Waals surface area contributed by atoms with Gasteiger partial charge in [-0.3, -0.25) is 4.79 Å². The monoisotopic (exact) mass is 482 g/mol. The Labute approximate surface area is 194 Å². The maximum Gasteiger partial charge on any atom is 0.243 e. The van der Waals surface area contributed by atoms with Gasteiger partial charge in [0.05, 0.1) is 24.2 Å². The quantitative estimate of drug-likeness (QED) is 0.673. The Morgan fingerprint density at radius 1 is 1.12 bits per heavy atom. The predicted octanol–water partition coefficient (Wildman–Crippen LogP) is 2.66. The molecular formula is C23H31ClN2O5S. The number of halogens is 1. The number of rotatable bonds is 6. The zero-order valence-electron chi connectivity index (χ0n) is 18.2. The Kier molecular flexibility index (Phi) is 6.03. The number of hydrogen-bond acceptors (Lipinski definition) is 5. The van der Waals surface area contributed by atoms with Crippen molar-refractivity contribution in [3.05, 3.63) is 29.3 Å². The molecule has 5 rings (SSSR count). The number of aliphatic hydroxyl groups is 1. The zero-order chi connectivity index (χ0) is 22.5. The standard InChI is InChI=1S/C23H31ClN2O5S/c24-17-3-5-19(6-4-17)32(29,30)26-20(16-1-2-16)13-18(27)14-21(26)23(7-8-23)15-22(28)25-9-11-31-12-10-25/h3-6,16,18,20-21,27H,1-2,7-15H2. The number of carbonyl (C=O) groups excluding carboxylic acids is 1. The van der Waals surface area contributed by atoms with Gasteiger partial charge in [0.15, 0.2) is 0 Å². The fourth-order valence-electron chi connectivity index (χ4n) is 5.56. The first kappa shape index (κ1) is 22.6. The summed E-state index contributed by atoms with van der Waals surface area (Å²) in [7, 11) is -3.79. The molecule has 2 aliphatic carbocycles.